The maximum atomic E-state index is 11.4. The molecule has 1 aromatic heterocycles. The molecule has 2 rings (SSSR count). The van der Waals surface area contributed by atoms with Crippen molar-refractivity contribution in [2.24, 2.45) is 0 Å². The summed E-state index contributed by atoms with van der Waals surface area (Å²) in [6.45, 7) is 1.86. The van der Waals surface area contributed by atoms with E-state index in [0.717, 1.165) is 15.1 Å². The predicted octanol–water partition coefficient (Wildman–Crippen LogP) is 2.51. The minimum atomic E-state index is -0.997. The molecule has 2 atom stereocenters. The number of aliphatic hydroxyl groups is 1. The number of hydrogen-bond acceptors (Lipinski definition) is 6. The van der Waals surface area contributed by atoms with E-state index in [1.165, 1.54) is 0 Å². The molecule has 3 N–H and O–H groups in total. The molecule has 0 aliphatic carbocycles. The van der Waals surface area contributed by atoms with Crippen LogP contribution in [0.2, 0.25) is 0 Å². The van der Waals surface area contributed by atoms with Crippen molar-refractivity contribution in [2.75, 3.05) is 23.5 Å². The number of halogens is 1. The molecule has 8 heteroatoms. The van der Waals surface area contributed by atoms with E-state index in [4.69, 9.17) is 5.11 Å². The summed E-state index contributed by atoms with van der Waals surface area (Å²) >= 11 is 3.37. The zero-order valence-corrected chi connectivity index (χ0v) is 14.6. The summed E-state index contributed by atoms with van der Waals surface area (Å²) in [6.07, 6.45) is 3.28. The number of nitrogens with one attached hydrogen (secondary N) is 2. The summed E-state index contributed by atoms with van der Waals surface area (Å²) in [7, 11) is -0.997. The third kappa shape index (κ3) is 4.49. The second-order valence-electron chi connectivity index (χ2n) is 4.72. The van der Waals surface area contributed by atoms with E-state index in [-0.39, 0.29) is 12.6 Å². The number of rotatable bonds is 6. The molecule has 0 fully saturated rings. The van der Waals surface area contributed by atoms with Gasteiger partial charge in [0.2, 0.25) is 5.95 Å². The second kappa shape index (κ2) is 7.66. The van der Waals surface area contributed by atoms with Gasteiger partial charge in [-0.25, -0.2) is 4.98 Å². The molecule has 0 saturated heterocycles. The molecule has 0 radical (unpaired) electrons. The van der Waals surface area contributed by atoms with Crippen molar-refractivity contribution in [1.29, 1.82) is 0 Å². The minimum absolute atomic E-state index is 0.00875. The van der Waals surface area contributed by atoms with Crippen LogP contribution in [0.4, 0.5) is 17.5 Å². The lowest BCUT2D eigenvalue weighted by Crippen LogP contribution is -2.20. The van der Waals surface area contributed by atoms with Crippen LogP contribution in [0.25, 0.3) is 0 Å². The maximum Gasteiger partial charge on any atom is 0.229 e. The van der Waals surface area contributed by atoms with Crippen LogP contribution in [-0.2, 0) is 10.8 Å². The van der Waals surface area contributed by atoms with Crippen molar-refractivity contribution in [3.05, 3.63) is 34.9 Å². The first kappa shape index (κ1) is 16.9. The Kier molecular flexibility index (Phi) is 5.87. The fourth-order valence-corrected chi connectivity index (χ4v) is 2.49. The summed E-state index contributed by atoms with van der Waals surface area (Å²) < 4.78 is 12.1. The summed E-state index contributed by atoms with van der Waals surface area (Å²) in [4.78, 5) is 9.32. The van der Waals surface area contributed by atoms with Crippen molar-refractivity contribution >= 4 is 44.2 Å². The van der Waals surface area contributed by atoms with Gasteiger partial charge in [0, 0.05) is 39.9 Å². The van der Waals surface area contributed by atoms with Gasteiger partial charge in [0.25, 0.3) is 0 Å². The van der Waals surface area contributed by atoms with Crippen LogP contribution >= 0.6 is 15.9 Å². The summed E-state index contributed by atoms with van der Waals surface area (Å²) in [5.74, 6) is 1.03. The smallest absolute Gasteiger partial charge is 0.229 e. The van der Waals surface area contributed by atoms with E-state index in [1.54, 1.807) is 24.6 Å². The van der Waals surface area contributed by atoms with Crippen LogP contribution in [0.15, 0.2) is 39.8 Å². The Labute approximate surface area is 140 Å². The van der Waals surface area contributed by atoms with E-state index < -0.39 is 10.8 Å². The highest BCUT2D eigenvalue weighted by Gasteiger charge is 2.08. The molecule has 0 bridgehead atoms. The monoisotopic (exact) mass is 384 g/mol. The molecule has 1 unspecified atom stereocenters. The lowest BCUT2D eigenvalue weighted by atomic mass is 10.3. The first-order valence-electron chi connectivity index (χ1n) is 6.60. The van der Waals surface area contributed by atoms with Gasteiger partial charge >= 0.3 is 0 Å². The second-order valence-corrected chi connectivity index (χ2v) is 6.96. The average molecular weight is 385 g/mol. The van der Waals surface area contributed by atoms with Crippen molar-refractivity contribution in [1.82, 2.24) is 9.97 Å². The van der Waals surface area contributed by atoms with Gasteiger partial charge in [0.05, 0.1) is 11.1 Å². The average Bonchev–Trinajstić information content (AvgIpc) is 2.51. The Hall–Kier alpha value is -1.51. The molecule has 0 saturated carbocycles. The molecular formula is C14H17BrN4O2S. The third-order valence-corrected chi connectivity index (χ3v) is 4.36. The molecule has 0 spiro atoms. The Bertz CT molecular complexity index is 666. The van der Waals surface area contributed by atoms with Crippen LogP contribution in [-0.4, -0.2) is 38.2 Å². The Morgan fingerprint density at radius 3 is 2.64 bits per heavy atom. The standard InChI is InChI=1S/C14H17BrN4O2S/c1-9(8-20)17-13-12(15)7-16-14(19-13)18-10-3-5-11(6-4-10)22(2)21/h3-7,9,20H,8H2,1-2H3,(H2,16,17,18,19)/t9-,22?/m1/s1. The lowest BCUT2D eigenvalue weighted by Gasteiger charge is -2.14. The molecule has 0 aliphatic heterocycles. The number of aromatic nitrogens is 2. The van der Waals surface area contributed by atoms with Gasteiger partial charge in [0.1, 0.15) is 5.82 Å². The van der Waals surface area contributed by atoms with Crippen LogP contribution in [0.5, 0.6) is 0 Å². The van der Waals surface area contributed by atoms with Gasteiger partial charge in [-0.1, -0.05) is 0 Å². The lowest BCUT2D eigenvalue weighted by molar-refractivity contribution is 0.281. The Morgan fingerprint density at radius 2 is 2.05 bits per heavy atom. The van der Waals surface area contributed by atoms with E-state index in [1.807, 2.05) is 19.1 Å². The number of nitrogens with zero attached hydrogens (tertiary/aromatic N) is 2. The van der Waals surface area contributed by atoms with Crippen LogP contribution < -0.4 is 10.6 Å². The first-order valence-corrected chi connectivity index (χ1v) is 8.95. The molecular weight excluding hydrogens is 368 g/mol. The van der Waals surface area contributed by atoms with Gasteiger partial charge in [-0.05, 0) is 47.1 Å². The van der Waals surface area contributed by atoms with Crippen LogP contribution in [0, 0.1) is 0 Å². The van der Waals surface area contributed by atoms with Gasteiger partial charge in [-0.15, -0.1) is 0 Å². The van der Waals surface area contributed by atoms with Crippen molar-refractivity contribution in [3.63, 3.8) is 0 Å². The van der Waals surface area contributed by atoms with Gasteiger partial charge in [-0.3, -0.25) is 4.21 Å². The first-order chi connectivity index (χ1) is 10.5. The van der Waals surface area contributed by atoms with Gasteiger partial charge in [0.15, 0.2) is 0 Å². The quantitative estimate of drug-likeness (QED) is 0.709. The minimum Gasteiger partial charge on any atom is -0.394 e. The Morgan fingerprint density at radius 1 is 1.36 bits per heavy atom. The molecule has 22 heavy (non-hydrogen) atoms. The molecule has 1 aromatic carbocycles. The fourth-order valence-electron chi connectivity index (χ4n) is 1.67. The predicted molar refractivity (Wildman–Crippen MR) is 92.0 cm³/mol. The van der Waals surface area contributed by atoms with Crippen LogP contribution in [0.3, 0.4) is 0 Å². The Balaban J connectivity index is 2.15. The van der Waals surface area contributed by atoms with Crippen molar-refractivity contribution in [3.8, 4) is 0 Å². The molecule has 118 valence electrons. The largest absolute Gasteiger partial charge is 0.394 e. The van der Waals surface area contributed by atoms with E-state index in [2.05, 4.69) is 36.5 Å². The molecule has 2 aromatic rings. The van der Waals surface area contributed by atoms with Crippen LogP contribution in [0.1, 0.15) is 6.92 Å². The highest BCUT2D eigenvalue weighted by molar-refractivity contribution is 9.10. The third-order valence-electron chi connectivity index (χ3n) is 2.84. The number of anilines is 3. The maximum absolute atomic E-state index is 11.4. The number of hydrogen-bond donors (Lipinski definition) is 3. The summed E-state index contributed by atoms with van der Waals surface area (Å²) in [6, 6.07) is 7.13. The molecule has 0 amide bonds. The van der Waals surface area contributed by atoms with Gasteiger partial charge < -0.3 is 15.7 Å². The van der Waals surface area contributed by atoms with E-state index >= 15 is 0 Å². The van der Waals surface area contributed by atoms with E-state index in [0.29, 0.717) is 11.8 Å². The zero-order chi connectivity index (χ0) is 16.1. The van der Waals surface area contributed by atoms with Crippen molar-refractivity contribution in [2.45, 2.75) is 17.9 Å². The van der Waals surface area contributed by atoms with Gasteiger partial charge in [-0.2, -0.15) is 4.98 Å². The fraction of sp³-hybridized carbons (Fsp3) is 0.286. The molecule has 1 heterocycles. The zero-order valence-electron chi connectivity index (χ0n) is 12.2. The highest BCUT2D eigenvalue weighted by atomic mass is 79.9. The highest BCUT2D eigenvalue weighted by Crippen LogP contribution is 2.23. The normalized spacial score (nSPS) is 13.5. The number of aliphatic hydroxyl groups excluding tert-OH is 1. The SMILES string of the molecule is C[C@H](CO)Nc1nc(Nc2ccc(S(C)=O)cc2)ncc1Br. The number of benzene rings is 1. The van der Waals surface area contributed by atoms with Crippen molar-refractivity contribution < 1.29 is 9.32 Å². The van der Waals surface area contributed by atoms with E-state index in [9.17, 15) is 4.21 Å². The molecule has 6 nitrogen and oxygen atoms in total. The summed E-state index contributed by atoms with van der Waals surface area (Å²) in [5.41, 5.74) is 0.803. The molecule has 0 aliphatic rings. The summed E-state index contributed by atoms with van der Waals surface area (Å²) in [5, 5.41) is 15.3. The topological polar surface area (TPSA) is 87.1 Å².